The molecule has 0 atom stereocenters. The summed E-state index contributed by atoms with van der Waals surface area (Å²) >= 11 is 0. The highest BCUT2D eigenvalue weighted by Crippen LogP contribution is 2.24. The molecule has 8 heteroatoms. The van der Waals surface area contributed by atoms with Crippen molar-refractivity contribution in [3.8, 4) is 6.07 Å². The summed E-state index contributed by atoms with van der Waals surface area (Å²) in [6.07, 6.45) is 0. The molecule has 0 spiro atoms. The molecule has 1 aromatic heterocycles. The molecule has 0 radical (unpaired) electrons. The van der Waals surface area contributed by atoms with Crippen LogP contribution in [0.3, 0.4) is 0 Å². The van der Waals surface area contributed by atoms with Crippen molar-refractivity contribution >= 4 is 23.3 Å². The van der Waals surface area contributed by atoms with Crippen LogP contribution in [0.2, 0.25) is 0 Å². The van der Waals surface area contributed by atoms with E-state index in [-0.39, 0.29) is 29.1 Å². The van der Waals surface area contributed by atoms with Gasteiger partial charge in [0.15, 0.2) is 0 Å². The molecular weight excluding hydrogens is 353 g/mol. The maximum Gasteiger partial charge on any atom is 0.379 e. The third-order valence-corrected chi connectivity index (χ3v) is 4.18. The summed E-state index contributed by atoms with van der Waals surface area (Å²) in [5, 5.41) is 11.5. The number of Topliss-reactive ketones (excluding diaryl/α,β-unsaturated/α-hetero) is 1. The van der Waals surface area contributed by atoms with Crippen molar-refractivity contribution in [2.45, 2.75) is 20.8 Å². The second-order valence-electron chi connectivity index (χ2n) is 5.80. The van der Waals surface area contributed by atoms with E-state index in [0.717, 1.165) is 6.07 Å². The molecule has 0 saturated carbocycles. The number of nitrogens with zero attached hydrogens (tertiary/aromatic N) is 2. The van der Waals surface area contributed by atoms with Crippen molar-refractivity contribution < 1.29 is 23.5 Å². The van der Waals surface area contributed by atoms with Gasteiger partial charge in [-0.25, -0.2) is 9.18 Å². The zero-order valence-electron chi connectivity index (χ0n) is 15.3. The van der Waals surface area contributed by atoms with Gasteiger partial charge in [-0.05, 0) is 44.5 Å². The maximum atomic E-state index is 13.4. The fourth-order valence-electron chi connectivity index (χ4n) is 2.81. The Labute approximate surface area is 155 Å². The monoisotopic (exact) mass is 371 g/mol. The number of nitrogens with one attached hydrogen (secondary N) is 1. The first-order valence-electron chi connectivity index (χ1n) is 8.11. The quantitative estimate of drug-likeness (QED) is 0.495. The van der Waals surface area contributed by atoms with Crippen molar-refractivity contribution in [1.82, 2.24) is 4.57 Å². The largest absolute Gasteiger partial charge is 0.460 e. The summed E-state index contributed by atoms with van der Waals surface area (Å²) in [7, 11) is 1.59. The SMILES string of the molecule is CCOC(=O)C(=O)c1c(C)c(C(=O)Nc2ccc(F)c(C#N)c2)n(C)c1C. The number of amides is 1. The molecule has 0 unspecified atom stereocenters. The lowest BCUT2D eigenvalue weighted by Gasteiger charge is -2.08. The number of esters is 1. The molecule has 27 heavy (non-hydrogen) atoms. The van der Waals surface area contributed by atoms with E-state index in [1.807, 2.05) is 0 Å². The molecule has 1 aromatic carbocycles. The number of hydrogen-bond acceptors (Lipinski definition) is 5. The highest BCUT2D eigenvalue weighted by atomic mass is 19.1. The van der Waals surface area contributed by atoms with Gasteiger partial charge in [0, 0.05) is 18.4 Å². The van der Waals surface area contributed by atoms with Crippen LogP contribution in [-0.4, -0.2) is 28.8 Å². The molecule has 140 valence electrons. The average Bonchev–Trinajstić information content (AvgIpc) is 2.85. The number of carbonyl (C=O) groups excluding carboxylic acids is 3. The Morgan fingerprint density at radius 3 is 2.56 bits per heavy atom. The van der Waals surface area contributed by atoms with Crippen molar-refractivity contribution in [2.24, 2.45) is 7.05 Å². The Balaban J connectivity index is 2.40. The maximum absolute atomic E-state index is 13.4. The molecule has 1 N–H and O–H groups in total. The number of halogens is 1. The average molecular weight is 371 g/mol. The Hall–Kier alpha value is -3.47. The summed E-state index contributed by atoms with van der Waals surface area (Å²) in [6, 6.07) is 5.31. The van der Waals surface area contributed by atoms with Crippen LogP contribution < -0.4 is 5.32 Å². The lowest BCUT2D eigenvalue weighted by molar-refractivity contribution is -0.137. The van der Waals surface area contributed by atoms with Crippen molar-refractivity contribution in [2.75, 3.05) is 11.9 Å². The zero-order valence-corrected chi connectivity index (χ0v) is 15.3. The Morgan fingerprint density at radius 1 is 1.30 bits per heavy atom. The van der Waals surface area contributed by atoms with Crippen LogP contribution in [0.1, 0.15) is 44.6 Å². The molecule has 2 aromatic rings. The second-order valence-corrected chi connectivity index (χ2v) is 5.80. The highest BCUT2D eigenvalue weighted by molar-refractivity contribution is 6.41. The van der Waals surface area contributed by atoms with Crippen LogP contribution in [0.5, 0.6) is 0 Å². The standard InChI is InChI=1S/C19H18FN3O4/c1-5-27-19(26)17(24)15-10(2)16(23(4)11(15)3)18(25)22-13-6-7-14(20)12(8-13)9-21/h6-8H,5H2,1-4H3,(H,22,25). The number of hydrogen-bond donors (Lipinski definition) is 1. The van der Waals surface area contributed by atoms with E-state index in [1.165, 1.54) is 16.7 Å². The van der Waals surface area contributed by atoms with Crippen LogP contribution in [0, 0.1) is 31.0 Å². The lowest BCUT2D eigenvalue weighted by Crippen LogP contribution is -2.19. The fourth-order valence-corrected chi connectivity index (χ4v) is 2.81. The Kier molecular flexibility index (Phi) is 5.75. The normalized spacial score (nSPS) is 10.2. The molecule has 1 heterocycles. The highest BCUT2D eigenvalue weighted by Gasteiger charge is 2.29. The van der Waals surface area contributed by atoms with E-state index in [4.69, 9.17) is 10.00 Å². The van der Waals surface area contributed by atoms with Gasteiger partial charge in [-0.2, -0.15) is 5.26 Å². The van der Waals surface area contributed by atoms with E-state index in [2.05, 4.69) is 5.32 Å². The van der Waals surface area contributed by atoms with Crippen LogP contribution in [0.25, 0.3) is 0 Å². The smallest absolute Gasteiger partial charge is 0.379 e. The van der Waals surface area contributed by atoms with Crippen LogP contribution in [0.15, 0.2) is 18.2 Å². The van der Waals surface area contributed by atoms with Crippen molar-refractivity contribution in [3.63, 3.8) is 0 Å². The molecule has 0 aliphatic carbocycles. The van der Waals surface area contributed by atoms with E-state index in [9.17, 15) is 18.8 Å². The molecular formula is C19H18FN3O4. The molecule has 7 nitrogen and oxygen atoms in total. The molecule has 0 saturated heterocycles. The number of benzene rings is 1. The van der Waals surface area contributed by atoms with Gasteiger partial charge in [0.1, 0.15) is 17.6 Å². The summed E-state index contributed by atoms with van der Waals surface area (Å²) < 4.78 is 19.7. The number of carbonyl (C=O) groups is 3. The minimum atomic E-state index is -0.988. The first kappa shape index (κ1) is 19.8. The Bertz CT molecular complexity index is 986. The van der Waals surface area contributed by atoms with E-state index < -0.39 is 23.5 Å². The topological polar surface area (TPSA) is 101 Å². The van der Waals surface area contributed by atoms with Gasteiger partial charge in [0.2, 0.25) is 0 Å². The van der Waals surface area contributed by atoms with Gasteiger partial charge in [0.25, 0.3) is 11.7 Å². The third-order valence-electron chi connectivity index (χ3n) is 4.18. The predicted octanol–water partition coefficient (Wildman–Crippen LogP) is 2.65. The van der Waals surface area contributed by atoms with Crippen LogP contribution in [-0.2, 0) is 16.6 Å². The molecule has 0 aliphatic rings. The number of rotatable bonds is 5. The third kappa shape index (κ3) is 3.72. The predicted molar refractivity (Wildman–Crippen MR) is 94.9 cm³/mol. The molecule has 2 rings (SSSR count). The Morgan fingerprint density at radius 2 is 1.96 bits per heavy atom. The number of ether oxygens (including phenoxy) is 1. The number of nitriles is 1. The second kappa shape index (κ2) is 7.83. The summed E-state index contributed by atoms with van der Waals surface area (Å²) in [5.74, 6) is -3.06. The minimum absolute atomic E-state index is 0.0641. The minimum Gasteiger partial charge on any atom is -0.460 e. The van der Waals surface area contributed by atoms with Gasteiger partial charge < -0.3 is 14.6 Å². The van der Waals surface area contributed by atoms with E-state index in [0.29, 0.717) is 11.3 Å². The first-order valence-corrected chi connectivity index (χ1v) is 8.11. The first-order chi connectivity index (χ1) is 12.7. The van der Waals surface area contributed by atoms with Gasteiger partial charge in [-0.1, -0.05) is 0 Å². The number of ketones is 1. The van der Waals surface area contributed by atoms with Gasteiger partial charge in [-0.15, -0.1) is 0 Å². The lowest BCUT2D eigenvalue weighted by atomic mass is 10.1. The molecule has 0 fully saturated rings. The van der Waals surface area contributed by atoms with E-state index in [1.54, 1.807) is 33.9 Å². The van der Waals surface area contributed by atoms with Gasteiger partial charge in [0.05, 0.1) is 17.7 Å². The summed E-state index contributed by atoms with van der Waals surface area (Å²) in [5.41, 5.74) is 1.07. The fraction of sp³-hybridized carbons (Fsp3) is 0.263. The van der Waals surface area contributed by atoms with Crippen molar-refractivity contribution in [3.05, 3.63) is 52.1 Å². The van der Waals surface area contributed by atoms with Crippen LogP contribution >= 0.6 is 0 Å². The number of aromatic nitrogens is 1. The van der Waals surface area contributed by atoms with E-state index >= 15 is 0 Å². The summed E-state index contributed by atoms with van der Waals surface area (Å²) in [6.45, 7) is 4.82. The number of anilines is 1. The zero-order chi connectivity index (χ0) is 20.3. The van der Waals surface area contributed by atoms with Crippen LogP contribution in [0.4, 0.5) is 10.1 Å². The van der Waals surface area contributed by atoms with Gasteiger partial charge in [-0.3, -0.25) is 9.59 Å². The van der Waals surface area contributed by atoms with Gasteiger partial charge >= 0.3 is 5.97 Å². The molecule has 0 aliphatic heterocycles. The summed E-state index contributed by atoms with van der Waals surface area (Å²) in [4.78, 5) is 36.8. The van der Waals surface area contributed by atoms with Crippen molar-refractivity contribution in [1.29, 1.82) is 5.26 Å². The molecule has 1 amide bonds. The molecule has 0 bridgehead atoms.